The van der Waals surface area contributed by atoms with E-state index in [1.54, 1.807) is 6.07 Å². The molecule has 1 aromatic heterocycles. The summed E-state index contributed by atoms with van der Waals surface area (Å²) in [7, 11) is 0. The van der Waals surface area contributed by atoms with Gasteiger partial charge >= 0.3 is 0 Å². The normalized spacial score (nSPS) is 23.8. The molecule has 1 saturated heterocycles. The third-order valence-electron chi connectivity index (χ3n) is 4.64. The first-order valence-corrected chi connectivity index (χ1v) is 9.72. The maximum Gasteiger partial charge on any atom is 0.275 e. The Morgan fingerprint density at radius 3 is 2.66 bits per heavy atom. The molecule has 1 aliphatic rings. The number of piperidine rings is 1. The Kier molecular flexibility index (Phi) is 6.21. The van der Waals surface area contributed by atoms with Crippen LogP contribution in [0.1, 0.15) is 28.9 Å². The molecular formula is C18H15BrF5N3OS. The smallest absolute Gasteiger partial charge is 0.275 e. The van der Waals surface area contributed by atoms with Crippen LogP contribution in [0.2, 0.25) is 0 Å². The zero-order valence-electron chi connectivity index (χ0n) is 14.6. The minimum Gasteiger partial charge on any atom is -0.321 e. The number of rotatable bonds is 4. The summed E-state index contributed by atoms with van der Waals surface area (Å²) >= 11 is 7.15. The summed E-state index contributed by atoms with van der Waals surface area (Å²) in [6.07, 6.45) is -3.33. The van der Waals surface area contributed by atoms with E-state index in [-0.39, 0.29) is 17.8 Å². The van der Waals surface area contributed by atoms with Crippen LogP contribution in [0, 0.1) is 5.82 Å². The van der Waals surface area contributed by atoms with Gasteiger partial charge in [-0.1, -0.05) is 0 Å². The summed E-state index contributed by atoms with van der Waals surface area (Å²) in [4.78, 5) is 16.2. The molecule has 0 bridgehead atoms. The number of hydrogen-bond donors (Lipinski definition) is 3. The summed E-state index contributed by atoms with van der Waals surface area (Å²) < 4.78 is 72.4. The number of anilines is 1. The number of nitrogens with one attached hydrogen (secondary N) is 2. The van der Waals surface area contributed by atoms with Crippen molar-refractivity contribution in [3.05, 3.63) is 58.1 Å². The number of carbonyl (C=O) groups excluding carboxylic acids is 1. The molecule has 0 aliphatic carbocycles. The van der Waals surface area contributed by atoms with Crippen LogP contribution in [0.4, 0.5) is 27.6 Å². The van der Waals surface area contributed by atoms with E-state index in [9.17, 15) is 26.7 Å². The van der Waals surface area contributed by atoms with Gasteiger partial charge in [-0.2, -0.15) is 12.6 Å². The molecule has 0 spiro atoms. The van der Waals surface area contributed by atoms with Crippen molar-refractivity contribution >= 4 is 40.2 Å². The van der Waals surface area contributed by atoms with E-state index in [1.165, 1.54) is 12.3 Å². The highest BCUT2D eigenvalue weighted by molar-refractivity contribution is 9.10. The predicted octanol–water partition coefficient (Wildman–Crippen LogP) is 4.97. The van der Waals surface area contributed by atoms with E-state index in [1.807, 2.05) is 0 Å². The number of amides is 1. The van der Waals surface area contributed by atoms with Gasteiger partial charge in [-0.05, 0) is 52.7 Å². The Morgan fingerprint density at radius 2 is 2.03 bits per heavy atom. The number of pyridine rings is 1. The van der Waals surface area contributed by atoms with Gasteiger partial charge in [-0.25, -0.2) is 26.9 Å². The van der Waals surface area contributed by atoms with Crippen LogP contribution in [0.25, 0.3) is 0 Å². The summed E-state index contributed by atoms with van der Waals surface area (Å²) in [6.45, 7) is 0. The SMILES string of the molecule is O=C(Nc1ccc(F)c([C@@]2(C(F)F)N[C@@H](S)CCC2(F)F)c1)c1ccc(Br)cn1. The quantitative estimate of drug-likeness (QED) is 0.414. The number of alkyl halides is 4. The second-order valence-corrected chi connectivity index (χ2v) is 8.06. The fraction of sp³-hybridized carbons (Fsp3) is 0.333. The van der Waals surface area contributed by atoms with Gasteiger partial charge in [0.15, 0.2) is 5.54 Å². The number of nitrogens with zero attached hydrogens (tertiary/aromatic N) is 1. The standard InChI is InChI=1S/C18H15BrF5N3OS/c19-9-1-4-13(25-8-9)15(28)26-10-2-3-12(20)11(7-10)18(16(21)22)17(23,24)6-5-14(29)27-18/h1-4,7-8,14,16,27,29H,5-6H2,(H,26,28)/t14-,18-/m0/s1. The van der Waals surface area contributed by atoms with Gasteiger partial charge < -0.3 is 5.32 Å². The number of hydrogen-bond acceptors (Lipinski definition) is 4. The van der Waals surface area contributed by atoms with Crippen molar-refractivity contribution in [3.8, 4) is 0 Å². The lowest BCUT2D eigenvalue weighted by molar-refractivity contribution is -0.176. The third-order valence-corrected chi connectivity index (χ3v) is 5.50. The molecule has 1 amide bonds. The number of aromatic nitrogens is 1. The molecule has 2 aromatic rings. The van der Waals surface area contributed by atoms with Gasteiger partial charge in [-0.15, -0.1) is 0 Å². The maximum atomic E-state index is 14.7. The number of thiol groups is 1. The Hall–Kier alpha value is -1.72. The van der Waals surface area contributed by atoms with Crippen molar-refractivity contribution in [1.82, 2.24) is 10.3 Å². The fourth-order valence-corrected chi connectivity index (χ4v) is 3.75. The van der Waals surface area contributed by atoms with Crippen LogP contribution in [-0.2, 0) is 5.54 Å². The van der Waals surface area contributed by atoms with E-state index < -0.39 is 47.0 Å². The molecule has 4 nitrogen and oxygen atoms in total. The molecule has 11 heteroatoms. The van der Waals surface area contributed by atoms with Crippen molar-refractivity contribution in [2.45, 2.75) is 36.1 Å². The zero-order chi connectivity index (χ0) is 21.4. The zero-order valence-corrected chi connectivity index (χ0v) is 17.1. The highest BCUT2D eigenvalue weighted by Gasteiger charge is 2.64. The Morgan fingerprint density at radius 1 is 1.31 bits per heavy atom. The lowest BCUT2D eigenvalue weighted by Gasteiger charge is -2.46. The second kappa shape index (κ2) is 8.19. The number of benzene rings is 1. The molecule has 156 valence electrons. The summed E-state index contributed by atoms with van der Waals surface area (Å²) in [5.74, 6) is -5.91. The molecule has 1 fully saturated rings. The summed E-state index contributed by atoms with van der Waals surface area (Å²) in [5, 5.41) is 3.47. The maximum absolute atomic E-state index is 14.7. The first kappa shape index (κ1) is 22.0. The van der Waals surface area contributed by atoms with Crippen LogP contribution in [0.15, 0.2) is 41.0 Å². The van der Waals surface area contributed by atoms with Crippen LogP contribution in [-0.4, -0.2) is 28.6 Å². The minimum atomic E-state index is -3.95. The van der Waals surface area contributed by atoms with Crippen LogP contribution < -0.4 is 10.6 Å². The molecule has 3 rings (SSSR count). The largest absolute Gasteiger partial charge is 0.321 e. The van der Waals surface area contributed by atoms with E-state index in [4.69, 9.17) is 0 Å². The average molecular weight is 496 g/mol. The fourth-order valence-electron chi connectivity index (χ4n) is 3.18. The van der Waals surface area contributed by atoms with E-state index >= 15 is 0 Å². The second-order valence-electron chi connectivity index (χ2n) is 6.52. The average Bonchev–Trinajstić information content (AvgIpc) is 2.65. The van der Waals surface area contributed by atoms with Gasteiger partial charge in [0.05, 0.1) is 5.37 Å². The molecule has 0 radical (unpaired) electrons. The van der Waals surface area contributed by atoms with Crippen molar-refractivity contribution in [2.24, 2.45) is 0 Å². The van der Waals surface area contributed by atoms with E-state index in [0.717, 1.165) is 18.2 Å². The molecule has 1 aliphatic heterocycles. The first-order valence-electron chi connectivity index (χ1n) is 8.41. The third kappa shape index (κ3) is 4.13. The monoisotopic (exact) mass is 495 g/mol. The van der Waals surface area contributed by atoms with Crippen molar-refractivity contribution in [2.75, 3.05) is 5.32 Å². The topological polar surface area (TPSA) is 54.0 Å². The van der Waals surface area contributed by atoms with Gasteiger partial charge in [0.1, 0.15) is 11.5 Å². The van der Waals surface area contributed by atoms with Gasteiger partial charge in [-0.3, -0.25) is 10.1 Å². The predicted molar refractivity (Wildman–Crippen MR) is 104 cm³/mol. The lowest BCUT2D eigenvalue weighted by Crippen LogP contribution is -2.65. The number of halogens is 6. The van der Waals surface area contributed by atoms with Crippen molar-refractivity contribution < 1.29 is 26.7 Å². The molecule has 2 heterocycles. The van der Waals surface area contributed by atoms with Crippen molar-refractivity contribution in [3.63, 3.8) is 0 Å². The molecule has 29 heavy (non-hydrogen) atoms. The Balaban J connectivity index is 2.01. The van der Waals surface area contributed by atoms with E-state index in [0.29, 0.717) is 4.47 Å². The van der Waals surface area contributed by atoms with Gasteiger partial charge in [0, 0.05) is 28.3 Å². The van der Waals surface area contributed by atoms with Gasteiger partial charge in [0.2, 0.25) is 0 Å². The minimum absolute atomic E-state index is 0.000749. The highest BCUT2D eigenvalue weighted by atomic mass is 79.9. The molecule has 0 unspecified atom stereocenters. The van der Waals surface area contributed by atoms with E-state index in [2.05, 4.69) is 44.2 Å². The van der Waals surface area contributed by atoms with Crippen LogP contribution >= 0.6 is 28.6 Å². The molecule has 1 aromatic carbocycles. The summed E-state index contributed by atoms with van der Waals surface area (Å²) in [5.41, 5.74) is -4.36. The highest BCUT2D eigenvalue weighted by Crippen LogP contribution is 2.49. The molecule has 2 N–H and O–H groups in total. The van der Waals surface area contributed by atoms with Crippen LogP contribution in [0.3, 0.4) is 0 Å². The lowest BCUT2D eigenvalue weighted by atomic mass is 9.78. The van der Waals surface area contributed by atoms with Gasteiger partial charge in [0.25, 0.3) is 18.3 Å². The van der Waals surface area contributed by atoms with Crippen LogP contribution in [0.5, 0.6) is 0 Å². The molecule has 0 saturated carbocycles. The first-order chi connectivity index (χ1) is 13.6. The Labute approximate surface area is 176 Å². The number of carbonyl (C=O) groups is 1. The van der Waals surface area contributed by atoms with Crippen molar-refractivity contribution in [1.29, 1.82) is 0 Å². The molecule has 2 atom stereocenters. The molecular weight excluding hydrogens is 481 g/mol. The summed E-state index contributed by atoms with van der Waals surface area (Å²) in [6, 6.07) is 5.58. The Bertz CT molecular complexity index is 915.